The van der Waals surface area contributed by atoms with Gasteiger partial charge in [-0.1, -0.05) is 78.0 Å². The first-order valence-corrected chi connectivity index (χ1v) is 14.9. The number of nitrogens with zero attached hydrogens (tertiary/aromatic N) is 1. The quantitative estimate of drug-likeness (QED) is 0.232. The Morgan fingerprint density at radius 3 is 2.08 bits per heavy atom. The van der Waals surface area contributed by atoms with E-state index < -0.39 is 23.8 Å². The summed E-state index contributed by atoms with van der Waals surface area (Å²) in [5, 5.41) is 5.96. The SMILES string of the molecule is CCCCCCCN(C(=O)C(NC(=O)OC(C)(C)C)C(C)C)C(C(=O)NC(C)CCC)c1ccc(C)c(C)c1. The second-order valence-corrected chi connectivity index (χ2v) is 12.3. The third-order valence-corrected chi connectivity index (χ3v) is 6.91. The van der Waals surface area contributed by atoms with Gasteiger partial charge in [0.05, 0.1) is 0 Å². The van der Waals surface area contributed by atoms with E-state index in [1.165, 1.54) is 0 Å². The standard InChI is InChI=1S/C32H55N3O4/c1-11-13-14-15-16-20-35(30(37)27(22(3)4)34-31(38)39-32(8,9)10)28(29(36)33-25(7)17-12-2)26-19-18-23(5)24(6)21-26/h18-19,21-22,25,27-28H,11-17,20H2,1-10H3,(H,33,36)(H,34,38). The fourth-order valence-electron chi connectivity index (χ4n) is 4.61. The van der Waals surface area contributed by atoms with Crippen molar-refractivity contribution >= 4 is 17.9 Å². The van der Waals surface area contributed by atoms with E-state index in [0.717, 1.165) is 61.6 Å². The maximum absolute atomic E-state index is 14.3. The minimum Gasteiger partial charge on any atom is -0.444 e. The van der Waals surface area contributed by atoms with Crippen LogP contribution in [0.1, 0.15) is 123 Å². The Morgan fingerprint density at radius 2 is 1.54 bits per heavy atom. The van der Waals surface area contributed by atoms with Gasteiger partial charge in [0, 0.05) is 12.6 Å². The zero-order valence-corrected chi connectivity index (χ0v) is 26.3. The van der Waals surface area contributed by atoms with Gasteiger partial charge in [0.15, 0.2) is 0 Å². The van der Waals surface area contributed by atoms with E-state index in [2.05, 4.69) is 24.5 Å². The molecular formula is C32H55N3O4. The summed E-state index contributed by atoms with van der Waals surface area (Å²) in [4.78, 5) is 42.6. The Morgan fingerprint density at radius 1 is 0.897 bits per heavy atom. The number of benzene rings is 1. The molecule has 7 heteroatoms. The molecule has 0 aliphatic rings. The first-order valence-electron chi connectivity index (χ1n) is 14.9. The fourth-order valence-corrected chi connectivity index (χ4v) is 4.61. The Hall–Kier alpha value is -2.57. The molecule has 0 aliphatic heterocycles. The summed E-state index contributed by atoms with van der Waals surface area (Å²) in [6.07, 6.45) is 6.26. The molecule has 0 saturated carbocycles. The number of amides is 3. The van der Waals surface area contributed by atoms with Crippen molar-refractivity contribution in [1.29, 1.82) is 0 Å². The zero-order chi connectivity index (χ0) is 29.8. The highest BCUT2D eigenvalue weighted by atomic mass is 16.6. The number of unbranched alkanes of at least 4 members (excludes halogenated alkanes) is 4. The second-order valence-electron chi connectivity index (χ2n) is 12.3. The summed E-state index contributed by atoms with van der Waals surface area (Å²) < 4.78 is 5.47. The maximum atomic E-state index is 14.3. The molecule has 0 bridgehead atoms. The van der Waals surface area contributed by atoms with Crippen LogP contribution in [0.5, 0.6) is 0 Å². The highest BCUT2D eigenvalue weighted by Crippen LogP contribution is 2.27. The maximum Gasteiger partial charge on any atom is 0.408 e. The van der Waals surface area contributed by atoms with Crippen molar-refractivity contribution in [2.24, 2.45) is 5.92 Å². The molecule has 0 saturated heterocycles. The normalized spacial score (nSPS) is 13.9. The predicted octanol–water partition coefficient (Wildman–Crippen LogP) is 7.00. The molecule has 7 nitrogen and oxygen atoms in total. The first-order chi connectivity index (χ1) is 18.2. The molecule has 3 amide bonds. The van der Waals surface area contributed by atoms with Gasteiger partial charge in [0.25, 0.3) is 0 Å². The number of rotatable bonds is 15. The van der Waals surface area contributed by atoms with Crippen LogP contribution in [0.3, 0.4) is 0 Å². The lowest BCUT2D eigenvalue weighted by molar-refractivity contribution is -0.143. The van der Waals surface area contributed by atoms with Gasteiger partial charge in [0.2, 0.25) is 11.8 Å². The first kappa shape index (κ1) is 34.5. The monoisotopic (exact) mass is 545 g/mol. The topological polar surface area (TPSA) is 87.7 Å². The molecule has 0 aliphatic carbocycles. The van der Waals surface area contributed by atoms with E-state index in [9.17, 15) is 14.4 Å². The van der Waals surface area contributed by atoms with Gasteiger partial charge in [-0.2, -0.15) is 0 Å². The largest absolute Gasteiger partial charge is 0.444 e. The van der Waals surface area contributed by atoms with Crippen molar-refractivity contribution in [2.75, 3.05) is 6.54 Å². The zero-order valence-electron chi connectivity index (χ0n) is 26.3. The molecule has 0 aromatic heterocycles. The van der Waals surface area contributed by atoms with Gasteiger partial charge >= 0.3 is 6.09 Å². The molecule has 0 spiro atoms. The second kappa shape index (κ2) is 16.5. The molecule has 2 N–H and O–H groups in total. The van der Waals surface area contributed by atoms with E-state index in [1.807, 2.05) is 52.8 Å². The highest BCUT2D eigenvalue weighted by molar-refractivity contribution is 5.92. The molecule has 0 heterocycles. The van der Waals surface area contributed by atoms with Gasteiger partial charge in [0.1, 0.15) is 17.7 Å². The lowest BCUT2D eigenvalue weighted by Crippen LogP contribution is -2.55. The summed E-state index contributed by atoms with van der Waals surface area (Å²) in [7, 11) is 0. The number of carbonyl (C=O) groups excluding carboxylic acids is 3. The molecule has 3 unspecified atom stereocenters. The minimum absolute atomic E-state index is 0.0150. The van der Waals surface area contributed by atoms with Crippen LogP contribution in [0.2, 0.25) is 0 Å². The van der Waals surface area contributed by atoms with Crippen LogP contribution in [0.4, 0.5) is 4.79 Å². The van der Waals surface area contributed by atoms with Crippen LogP contribution in [-0.4, -0.2) is 47.0 Å². The number of alkyl carbamates (subject to hydrolysis) is 1. The number of ether oxygens (including phenoxy) is 1. The van der Waals surface area contributed by atoms with Crippen molar-refractivity contribution in [2.45, 2.75) is 138 Å². The molecular weight excluding hydrogens is 490 g/mol. The Labute approximate surface area is 237 Å². The highest BCUT2D eigenvalue weighted by Gasteiger charge is 2.37. The average molecular weight is 546 g/mol. The number of carbonyl (C=O) groups is 3. The molecule has 3 atom stereocenters. The van der Waals surface area contributed by atoms with Gasteiger partial charge in [-0.15, -0.1) is 0 Å². The summed E-state index contributed by atoms with van der Waals surface area (Å²) in [6, 6.07) is 4.31. The lowest BCUT2D eigenvalue weighted by atomic mass is 9.96. The summed E-state index contributed by atoms with van der Waals surface area (Å²) in [6.45, 7) is 19.9. The third kappa shape index (κ3) is 12.0. The Balaban J connectivity index is 3.51. The van der Waals surface area contributed by atoms with E-state index >= 15 is 0 Å². The summed E-state index contributed by atoms with van der Waals surface area (Å²) in [5.74, 6) is -0.663. The van der Waals surface area contributed by atoms with Gasteiger partial charge < -0.3 is 20.3 Å². The number of nitrogens with one attached hydrogen (secondary N) is 2. The Bertz CT molecular complexity index is 922. The number of hydrogen-bond donors (Lipinski definition) is 2. The van der Waals surface area contributed by atoms with Crippen molar-refractivity contribution in [3.63, 3.8) is 0 Å². The molecule has 1 rings (SSSR count). The fraction of sp³-hybridized carbons (Fsp3) is 0.719. The van der Waals surface area contributed by atoms with E-state index in [-0.39, 0.29) is 23.8 Å². The molecule has 0 fully saturated rings. The summed E-state index contributed by atoms with van der Waals surface area (Å²) >= 11 is 0. The molecule has 39 heavy (non-hydrogen) atoms. The van der Waals surface area contributed by atoms with Crippen LogP contribution in [-0.2, 0) is 14.3 Å². The average Bonchev–Trinajstić information content (AvgIpc) is 2.82. The minimum atomic E-state index is -0.828. The third-order valence-electron chi connectivity index (χ3n) is 6.91. The summed E-state index contributed by atoms with van der Waals surface area (Å²) in [5.41, 5.74) is 2.28. The van der Waals surface area contributed by atoms with Crippen LogP contribution in [0.15, 0.2) is 18.2 Å². The molecule has 0 radical (unpaired) electrons. The van der Waals surface area contributed by atoms with Crippen molar-refractivity contribution in [3.05, 3.63) is 34.9 Å². The van der Waals surface area contributed by atoms with E-state index in [0.29, 0.717) is 6.54 Å². The molecule has 1 aromatic rings. The van der Waals surface area contributed by atoms with Crippen LogP contribution in [0.25, 0.3) is 0 Å². The smallest absolute Gasteiger partial charge is 0.408 e. The number of hydrogen-bond acceptors (Lipinski definition) is 4. The molecule has 222 valence electrons. The van der Waals surface area contributed by atoms with E-state index in [4.69, 9.17) is 4.74 Å². The van der Waals surface area contributed by atoms with Gasteiger partial charge in [-0.25, -0.2) is 4.79 Å². The van der Waals surface area contributed by atoms with Gasteiger partial charge in [-0.05, 0) is 77.0 Å². The molecule has 1 aromatic carbocycles. The van der Waals surface area contributed by atoms with Crippen LogP contribution >= 0.6 is 0 Å². The predicted molar refractivity (Wildman–Crippen MR) is 160 cm³/mol. The van der Waals surface area contributed by atoms with Crippen LogP contribution < -0.4 is 10.6 Å². The van der Waals surface area contributed by atoms with Crippen molar-refractivity contribution < 1.29 is 19.1 Å². The number of aryl methyl sites for hydroxylation is 2. The Kier molecular flexibility index (Phi) is 14.6. The van der Waals surface area contributed by atoms with Crippen LogP contribution in [0, 0.1) is 19.8 Å². The van der Waals surface area contributed by atoms with Gasteiger partial charge in [-0.3, -0.25) is 9.59 Å². The van der Waals surface area contributed by atoms with Crippen molar-refractivity contribution in [3.8, 4) is 0 Å². The van der Waals surface area contributed by atoms with Crippen molar-refractivity contribution in [1.82, 2.24) is 15.5 Å². The van der Waals surface area contributed by atoms with E-state index in [1.54, 1.807) is 25.7 Å². The lowest BCUT2D eigenvalue weighted by Gasteiger charge is -2.36.